The van der Waals surface area contributed by atoms with Crippen LogP contribution in [0.3, 0.4) is 0 Å². The van der Waals surface area contributed by atoms with Crippen LogP contribution in [-0.2, 0) is 10.0 Å². The second-order valence-corrected chi connectivity index (χ2v) is 15.5. The van der Waals surface area contributed by atoms with Gasteiger partial charge in [0.15, 0.2) is 0 Å². The van der Waals surface area contributed by atoms with Gasteiger partial charge in [0.25, 0.3) is 0 Å². The fourth-order valence-electron chi connectivity index (χ4n) is 6.69. The minimum atomic E-state index is -3.60. The van der Waals surface area contributed by atoms with E-state index >= 15 is 0 Å². The molecule has 4 heterocycles. The van der Waals surface area contributed by atoms with Gasteiger partial charge in [0, 0.05) is 81.7 Å². The minimum absolute atomic E-state index is 0.127. The summed E-state index contributed by atoms with van der Waals surface area (Å²) < 4.78 is 34.0. The van der Waals surface area contributed by atoms with Crippen molar-refractivity contribution in [1.82, 2.24) is 29.7 Å². The third-order valence-corrected chi connectivity index (χ3v) is 11.2. The first-order valence-electron chi connectivity index (χ1n) is 16.3. The van der Waals surface area contributed by atoms with Crippen LogP contribution in [-0.4, -0.2) is 110 Å². The maximum atomic E-state index is 13.0. The SMILES string of the molecule is COc1cc(N2CCC(N3CCN(C)CC3)CC2)ccc1Nc1ncc(Br)c(Nc2ccc3nccnc3c2N(C2CC2)S(C)(=O)=O)n1. The molecule has 4 aromatic rings. The van der Waals surface area contributed by atoms with Gasteiger partial charge in [-0.1, -0.05) is 0 Å². The van der Waals surface area contributed by atoms with Gasteiger partial charge in [-0.2, -0.15) is 4.98 Å². The van der Waals surface area contributed by atoms with E-state index in [4.69, 9.17) is 9.72 Å². The maximum absolute atomic E-state index is 13.0. The maximum Gasteiger partial charge on any atom is 0.232 e. The first-order valence-corrected chi connectivity index (χ1v) is 19.0. The highest BCUT2D eigenvalue weighted by Crippen LogP contribution is 2.43. The van der Waals surface area contributed by atoms with Crippen molar-refractivity contribution in [3.05, 3.63) is 53.4 Å². The highest BCUT2D eigenvalue weighted by molar-refractivity contribution is 9.10. The van der Waals surface area contributed by atoms with Crippen LogP contribution in [0.15, 0.2) is 53.4 Å². The molecule has 2 aliphatic heterocycles. The Kier molecular flexibility index (Phi) is 9.28. The predicted octanol–water partition coefficient (Wildman–Crippen LogP) is 4.82. The van der Waals surface area contributed by atoms with Crippen molar-refractivity contribution >= 4 is 71.5 Å². The van der Waals surface area contributed by atoms with Crippen LogP contribution in [0.1, 0.15) is 25.7 Å². The summed E-state index contributed by atoms with van der Waals surface area (Å²) in [4.78, 5) is 25.7. The molecule has 0 unspecified atom stereocenters. The van der Waals surface area contributed by atoms with E-state index in [0.717, 1.165) is 76.3 Å². The topological polar surface area (TPSA) is 132 Å². The Morgan fingerprint density at radius 1 is 0.917 bits per heavy atom. The third kappa shape index (κ3) is 7.00. The fraction of sp³-hybridized carbons (Fsp3) is 0.455. The lowest BCUT2D eigenvalue weighted by Crippen LogP contribution is -2.52. The Hall–Kier alpha value is -3.79. The molecule has 0 atom stereocenters. The lowest BCUT2D eigenvalue weighted by molar-refractivity contribution is 0.0982. The Balaban J connectivity index is 1.10. The van der Waals surface area contributed by atoms with Crippen molar-refractivity contribution < 1.29 is 13.2 Å². The zero-order valence-electron chi connectivity index (χ0n) is 27.4. The van der Waals surface area contributed by atoms with E-state index in [9.17, 15) is 8.42 Å². The van der Waals surface area contributed by atoms with Crippen molar-refractivity contribution in [3.8, 4) is 5.75 Å². The smallest absolute Gasteiger partial charge is 0.232 e. The summed E-state index contributed by atoms with van der Waals surface area (Å²) in [5.41, 5.74) is 3.97. The van der Waals surface area contributed by atoms with Crippen molar-refractivity contribution in [2.24, 2.45) is 0 Å². The number of methoxy groups -OCH3 is 1. The second-order valence-electron chi connectivity index (χ2n) is 12.8. The van der Waals surface area contributed by atoms with E-state index in [2.05, 4.69) is 75.4 Å². The van der Waals surface area contributed by atoms with Gasteiger partial charge in [-0.05, 0) is 72.9 Å². The molecule has 2 aromatic carbocycles. The quantitative estimate of drug-likeness (QED) is 0.231. The molecule has 1 saturated carbocycles. The number of piperidine rings is 1. The van der Waals surface area contributed by atoms with Gasteiger partial charge >= 0.3 is 0 Å². The second kappa shape index (κ2) is 13.6. The van der Waals surface area contributed by atoms with Crippen LogP contribution in [0.2, 0.25) is 0 Å². The molecule has 0 amide bonds. The monoisotopic (exact) mass is 736 g/mol. The fourth-order valence-corrected chi connectivity index (χ4v) is 8.25. The highest BCUT2D eigenvalue weighted by atomic mass is 79.9. The van der Waals surface area contributed by atoms with Crippen molar-refractivity contribution in [3.63, 3.8) is 0 Å². The zero-order chi connectivity index (χ0) is 33.4. The number of benzene rings is 2. The van der Waals surface area contributed by atoms with Crippen LogP contribution in [0.4, 0.5) is 34.5 Å². The summed E-state index contributed by atoms with van der Waals surface area (Å²) in [6.07, 6.45) is 9.92. The van der Waals surface area contributed by atoms with Gasteiger partial charge < -0.3 is 25.2 Å². The van der Waals surface area contributed by atoms with Crippen LogP contribution < -0.4 is 24.6 Å². The summed E-state index contributed by atoms with van der Waals surface area (Å²) in [6.45, 7) is 6.63. The molecule has 2 N–H and O–H groups in total. The van der Waals surface area contributed by atoms with Gasteiger partial charge in [-0.3, -0.25) is 19.2 Å². The number of likely N-dealkylation sites (N-methyl/N-ethyl adjacent to an activating group) is 1. The lowest BCUT2D eigenvalue weighted by atomic mass is 10.0. The first-order chi connectivity index (χ1) is 23.2. The summed E-state index contributed by atoms with van der Waals surface area (Å²) >= 11 is 3.57. The van der Waals surface area contributed by atoms with Gasteiger partial charge in [0.1, 0.15) is 22.8 Å². The number of fused-ring (bicyclic) bond motifs is 1. The van der Waals surface area contributed by atoms with E-state index in [0.29, 0.717) is 50.4 Å². The van der Waals surface area contributed by atoms with Gasteiger partial charge in [0.2, 0.25) is 16.0 Å². The van der Waals surface area contributed by atoms with Crippen LogP contribution in [0.5, 0.6) is 5.75 Å². The Morgan fingerprint density at radius 2 is 1.65 bits per heavy atom. The van der Waals surface area contributed by atoms with Gasteiger partial charge in [-0.15, -0.1) is 0 Å². The summed E-state index contributed by atoms with van der Waals surface area (Å²) in [5, 5.41) is 6.66. The van der Waals surface area contributed by atoms with E-state index in [-0.39, 0.29) is 6.04 Å². The number of sulfonamides is 1. The molecule has 254 valence electrons. The van der Waals surface area contributed by atoms with Crippen molar-refractivity contribution in [1.29, 1.82) is 0 Å². The van der Waals surface area contributed by atoms with E-state index in [1.807, 2.05) is 18.2 Å². The Bertz CT molecular complexity index is 1890. The first kappa shape index (κ1) is 32.7. The standard InChI is InChI=1S/C33H41BrN10O3S/c1-41-16-18-43(19-17-41)22-10-14-42(15-11-22)24-6-7-26(29(20-24)47-2)39-33-37-21-25(34)32(40-33)38-28-9-8-27-30(36-13-12-35-27)31(28)44(23-4-5-23)48(3,45)46/h6-9,12-13,20-23H,4-5,10-11,14-19H2,1-3H3,(H2,37,38,39,40). The van der Waals surface area contributed by atoms with Crippen LogP contribution >= 0.6 is 15.9 Å². The molecule has 7 rings (SSSR count). The molecule has 0 radical (unpaired) electrons. The molecule has 2 saturated heterocycles. The summed E-state index contributed by atoms with van der Waals surface area (Å²) in [7, 11) is 0.264. The largest absolute Gasteiger partial charge is 0.494 e. The average molecular weight is 738 g/mol. The molecule has 48 heavy (non-hydrogen) atoms. The number of ether oxygens (including phenoxy) is 1. The third-order valence-electron chi connectivity index (χ3n) is 9.38. The highest BCUT2D eigenvalue weighted by Gasteiger charge is 2.38. The lowest BCUT2D eigenvalue weighted by Gasteiger charge is -2.42. The van der Waals surface area contributed by atoms with E-state index in [1.165, 1.54) is 10.6 Å². The molecule has 2 aromatic heterocycles. The summed E-state index contributed by atoms with van der Waals surface area (Å²) in [6, 6.07) is 10.3. The number of rotatable bonds is 10. The molecular weight excluding hydrogens is 696 g/mol. The normalized spacial score (nSPS) is 18.2. The molecular formula is C33H41BrN10O3S. The number of hydrogen-bond donors (Lipinski definition) is 2. The average Bonchev–Trinajstić information content (AvgIpc) is 3.92. The van der Waals surface area contributed by atoms with E-state index in [1.54, 1.807) is 25.7 Å². The number of halogens is 1. The van der Waals surface area contributed by atoms with Crippen LogP contribution in [0.25, 0.3) is 11.0 Å². The number of nitrogens with zero attached hydrogens (tertiary/aromatic N) is 8. The number of aromatic nitrogens is 4. The zero-order valence-corrected chi connectivity index (χ0v) is 29.8. The van der Waals surface area contributed by atoms with Crippen molar-refractivity contribution in [2.75, 3.05) is 79.5 Å². The molecule has 13 nitrogen and oxygen atoms in total. The molecule has 1 aliphatic carbocycles. The van der Waals surface area contributed by atoms with Crippen LogP contribution in [0, 0.1) is 0 Å². The Morgan fingerprint density at radius 3 is 2.35 bits per heavy atom. The molecule has 0 spiro atoms. The number of nitrogens with one attached hydrogen (secondary N) is 2. The van der Waals surface area contributed by atoms with E-state index < -0.39 is 10.0 Å². The van der Waals surface area contributed by atoms with Gasteiger partial charge in [0.05, 0.1) is 34.7 Å². The molecule has 15 heteroatoms. The molecule has 0 bridgehead atoms. The number of hydrogen-bond acceptors (Lipinski definition) is 12. The molecule has 3 aliphatic rings. The molecule has 3 fully saturated rings. The Labute approximate surface area is 289 Å². The summed E-state index contributed by atoms with van der Waals surface area (Å²) in [5.74, 6) is 1.50. The number of piperazine rings is 1. The van der Waals surface area contributed by atoms with Gasteiger partial charge in [-0.25, -0.2) is 13.4 Å². The minimum Gasteiger partial charge on any atom is -0.494 e. The number of anilines is 6. The predicted molar refractivity (Wildman–Crippen MR) is 193 cm³/mol. The van der Waals surface area contributed by atoms with Crippen molar-refractivity contribution in [2.45, 2.75) is 37.8 Å².